The van der Waals surface area contributed by atoms with E-state index in [1.54, 1.807) is 4.68 Å². The number of ether oxygens (including phenoxy) is 2. The molecule has 1 fully saturated rings. The van der Waals surface area contributed by atoms with E-state index in [0.717, 1.165) is 6.42 Å². The van der Waals surface area contributed by atoms with Gasteiger partial charge in [-0.3, -0.25) is 14.6 Å². The van der Waals surface area contributed by atoms with Gasteiger partial charge in [-0.25, -0.2) is 0 Å². The molecule has 0 aromatic carbocycles. The van der Waals surface area contributed by atoms with Crippen molar-refractivity contribution >= 4 is 11.6 Å². The minimum Gasteiger partial charge on any atom is -0.348 e. The Balaban J connectivity index is 2.11. The molecule has 0 spiro atoms. The monoisotopic (exact) mass is 274 g/mol. The third-order valence-electron chi connectivity index (χ3n) is 2.95. The molecule has 5 nitrogen and oxygen atoms in total. The van der Waals surface area contributed by atoms with E-state index in [1.807, 2.05) is 20.8 Å². The lowest BCUT2D eigenvalue weighted by molar-refractivity contribution is -0.139. The van der Waals surface area contributed by atoms with Crippen LogP contribution in [0.25, 0.3) is 0 Å². The molecule has 1 unspecified atom stereocenters. The van der Waals surface area contributed by atoms with Crippen molar-refractivity contribution in [1.82, 2.24) is 9.78 Å². The number of nitrogens with one attached hydrogen (secondary N) is 1. The summed E-state index contributed by atoms with van der Waals surface area (Å²) in [4.78, 5) is 11.7. The molecule has 1 aromatic rings. The van der Waals surface area contributed by atoms with E-state index >= 15 is 0 Å². The zero-order chi connectivity index (χ0) is 13.3. The van der Waals surface area contributed by atoms with Crippen molar-refractivity contribution in [1.29, 1.82) is 0 Å². The van der Waals surface area contributed by atoms with Gasteiger partial charge in [0.05, 0.1) is 18.7 Å². The summed E-state index contributed by atoms with van der Waals surface area (Å²) in [6.45, 7) is 6.77. The van der Waals surface area contributed by atoms with Crippen LogP contribution in [-0.2, 0) is 22.4 Å². The zero-order valence-corrected chi connectivity index (χ0v) is 11.7. The molecule has 2 rings (SSSR count). The molecule has 0 saturated carbocycles. The van der Waals surface area contributed by atoms with E-state index in [-0.39, 0.29) is 11.7 Å². The number of nitrogens with zero attached hydrogens (tertiary/aromatic N) is 1. The van der Waals surface area contributed by atoms with Crippen molar-refractivity contribution < 1.29 is 9.47 Å². The number of halogens is 1. The smallest absolute Gasteiger partial charge is 0.268 e. The minimum absolute atomic E-state index is 0.0879. The summed E-state index contributed by atoms with van der Waals surface area (Å²) in [6.07, 6.45) is 1.49. The Morgan fingerprint density at radius 1 is 1.56 bits per heavy atom. The second-order valence-electron chi connectivity index (χ2n) is 5.02. The molecule has 18 heavy (non-hydrogen) atoms. The standard InChI is InChI=1S/C12H19ClN2O3/c1-4-5-9-10(13)15(14-11(9)16)6-8-7-17-12(2,3)18-8/h8H,4-7H2,1-3H3,(H,14,16). The van der Waals surface area contributed by atoms with Crippen LogP contribution in [0.15, 0.2) is 4.79 Å². The van der Waals surface area contributed by atoms with Gasteiger partial charge in [-0.05, 0) is 20.3 Å². The molecule has 0 amide bonds. The number of H-pyrrole nitrogens is 1. The van der Waals surface area contributed by atoms with Gasteiger partial charge in [-0.1, -0.05) is 24.9 Å². The van der Waals surface area contributed by atoms with Gasteiger partial charge in [-0.15, -0.1) is 0 Å². The topological polar surface area (TPSA) is 56.2 Å². The van der Waals surface area contributed by atoms with Crippen molar-refractivity contribution in [3.05, 3.63) is 21.1 Å². The highest BCUT2D eigenvalue weighted by molar-refractivity contribution is 6.30. The van der Waals surface area contributed by atoms with E-state index in [4.69, 9.17) is 21.1 Å². The molecule has 1 atom stereocenters. The average molecular weight is 275 g/mol. The van der Waals surface area contributed by atoms with Crippen molar-refractivity contribution in [2.45, 2.75) is 52.0 Å². The van der Waals surface area contributed by atoms with Gasteiger partial charge in [0.15, 0.2) is 5.79 Å². The highest BCUT2D eigenvalue weighted by Crippen LogP contribution is 2.24. The third-order valence-corrected chi connectivity index (χ3v) is 3.38. The summed E-state index contributed by atoms with van der Waals surface area (Å²) in [5.41, 5.74) is 0.539. The molecule has 1 N–H and O–H groups in total. The average Bonchev–Trinajstić information content (AvgIpc) is 2.74. The Bertz CT molecular complexity index is 478. The van der Waals surface area contributed by atoms with Crippen LogP contribution in [0.1, 0.15) is 32.8 Å². The van der Waals surface area contributed by atoms with Gasteiger partial charge in [0, 0.05) is 0 Å². The van der Waals surface area contributed by atoms with Gasteiger partial charge >= 0.3 is 0 Å². The first-order chi connectivity index (χ1) is 8.43. The first-order valence-electron chi connectivity index (χ1n) is 6.22. The van der Waals surface area contributed by atoms with Gasteiger partial charge in [0.25, 0.3) is 5.56 Å². The van der Waals surface area contributed by atoms with E-state index in [9.17, 15) is 4.79 Å². The molecule has 0 radical (unpaired) electrons. The first kappa shape index (κ1) is 13.6. The summed E-state index contributed by atoms with van der Waals surface area (Å²) in [6, 6.07) is 0. The van der Waals surface area contributed by atoms with E-state index in [1.165, 1.54) is 0 Å². The number of hydrogen-bond acceptors (Lipinski definition) is 3. The third kappa shape index (κ3) is 2.79. The Morgan fingerprint density at radius 3 is 2.83 bits per heavy atom. The maximum Gasteiger partial charge on any atom is 0.268 e. The van der Waals surface area contributed by atoms with Crippen molar-refractivity contribution in [3.63, 3.8) is 0 Å². The molecular weight excluding hydrogens is 256 g/mol. The molecule has 2 heterocycles. The lowest BCUT2D eigenvalue weighted by Gasteiger charge is -2.17. The van der Waals surface area contributed by atoms with Gasteiger partial charge in [0.2, 0.25) is 0 Å². The second-order valence-corrected chi connectivity index (χ2v) is 5.38. The Labute approximate surface area is 111 Å². The summed E-state index contributed by atoms with van der Waals surface area (Å²) >= 11 is 6.19. The highest BCUT2D eigenvalue weighted by atomic mass is 35.5. The van der Waals surface area contributed by atoms with Crippen LogP contribution in [0, 0.1) is 0 Å². The number of aromatic amines is 1. The molecule has 6 heteroatoms. The highest BCUT2D eigenvalue weighted by Gasteiger charge is 2.33. The maximum absolute atomic E-state index is 11.7. The first-order valence-corrected chi connectivity index (χ1v) is 6.59. The Hall–Kier alpha value is -0.780. The fourth-order valence-corrected chi connectivity index (χ4v) is 2.44. The van der Waals surface area contributed by atoms with Gasteiger partial charge < -0.3 is 9.47 Å². The predicted molar refractivity (Wildman–Crippen MR) is 69.0 cm³/mol. The van der Waals surface area contributed by atoms with E-state index in [2.05, 4.69) is 5.10 Å². The number of rotatable bonds is 4. The zero-order valence-electron chi connectivity index (χ0n) is 11.0. The van der Waals surface area contributed by atoms with Crippen molar-refractivity contribution in [2.24, 2.45) is 0 Å². The van der Waals surface area contributed by atoms with Crippen LogP contribution in [0.5, 0.6) is 0 Å². The van der Waals surface area contributed by atoms with E-state index in [0.29, 0.717) is 30.3 Å². The van der Waals surface area contributed by atoms with Crippen molar-refractivity contribution in [3.8, 4) is 0 Å². The predicted octanol–water partition coefficient (Wildman–Crippen LogP) is 1.93. The normalized spacial score (nSPS) is 22.6. The molecule has 1 saturated heterocycles. The van der Waals surface area contributed by atoms with Gasteiger partial charge in [-0.2, -0.15) is 0 Å². The second kappa shape index (κ2) is 5.07. The van der Waals surface area contributed by atoms with E-state index < -0.39 is 5.79 Å². The molecule has 102 valence electrons. The lowest BCUT2D eigenvalue weighted by Crippen LogP contribution is -2.25. The van der Waals surface area contributed by atoms with Gasteiger partial charge in [0.1, 0.15) is 11.3 Å². The molecule has 0 bridgehead atoms. The maximum atomic E-state index is 11.7. The SMILES string of the molecule is CCCc1c(Cl)n(CC2COC(C)(C)O2)[nH]c1=O. The summed E-state index contributed by atoms with van der Waals surface area (Å²) in [5, 5.41) is 3.23. The van der Waals surface area contributed by atoms with Crippen LogP contribution < -0.4 is 5.56 Å². The number of hydrogen-bond donors (Lipinski definition) is 1. The molecule has 1 aliphatic heterocycles. The van der Waals surface area contributed by atoms with Crippen LogP contribution in [-0.4, -0.2) is 28.3 Å². The van der Waals surface area contributed by atoms with Crippen LogP contribution >= 0.6 is 11.6 Å². The quantitative estimate of drug-likeness (QED) is 0.913. The summed E-state index contributed by atoms with van der Waals surface area (Å²) in [7, 11) is 0. The fourth-order valence-electron chi connectivity index (χ4n) is 2.14. The van der Waals surface area contributed by atoms with Crippen LogP contribution in [0.3, 0.4) is 0 Å². The summed E-state index contributed by atoms with van der Waals surface area (Å²) < 4.78 is 12.8. The van der Waals surface area contributed by atoms with Crippen LogP contribution in [0.2, 0.25) is 5.15 Å². The van der Waals surface area contributed by atoms with Crippen molar-refractivity contribution in [2.75, 3.05) is 6.61 Å². The Kier molecular flexibility index (Phi) is 3.84. The molecule has 1 aromatic heterocycles. The minimum atomic E-state index is -0.559. The fraction of sp³-hybridized carbons (Fsp3) is 0.750. The Morgan fingerprint density at radius 2 is 2.28 bits per heavy atom. The van der Waals surface area contributed by atoms with Crippen LogP contribution in [0.4, 0.5) is 0 Å². The largest absolute Gasteiger partial charge is 0.348 e. The molecule has 0 aliphatic carbocycles. The molecule has 1 aliphatic rings. The summed E-state index contributed by atoms with van der Waals surface area (Å²) in [5.74, 6) is -0.559. The lowest BCUT2D eigenvalue weighted by atomic mass is 10.2. The molecular formula is C12H19ClN2O3. The number of aromatic nitrogens is 2.